The van der Waals surface area contributed by atoms with Gasteiger partial charge in [0.15, 0.2) is 9.84 Å². The second-order valence-corrected chi connectivity index (χ2v) is 8.43. The highest BCUT2D eigenvalue weighted by atomic mass is 32.2. The lowest BCUT2D eigenvalue weighted by molar-refractivity contribution is -0.132. The number of imide groups is 1. The highest BCUT2D eigenvalue weighted by Crippen LogP contribution is 2.41. The summed E-state index contributed by atoms with van der Waals surface area (Å²) in [5.41, 5.74) is -1.47. The van der Waals surface area contributed by atoms with Gasteiger partial charge < -0.3 is 5.32 Å². The van der Waals surface area contributed by atoms with E-state index in [-0.39, 0.29) is 35.1 Å². The number of amides is 3. The molecule has 2 heterocycles. The molecule has 0 radical (unpaired) electrons. The Kier molecular flexibility index (Phi) is 3.47. The maximum Gasteiger partial charge on any atom is 0.325 e. The van der Waals surface area contributed by atoms with Crippen molar-refractivity contribution in [1.82, 2.24) is 10.2 Å². The molecule has 23 heavy (non-hydrogen) atoms. The van der Waals surface area contributed by atoms with Gasteiger partial charge in [-0.15, -0.1) is 0 Å². The van der Waals surface area contributed by atoms with Crippen molar-refractivity contribution in [3.05, 3.63) is 29.6 Å². The molecule has 3 rings (SSSR count). The Labute approximate surface area is 133 Å². The average molecular weight is 340 g/mol. The van der Waals surface area contributed by atoms with Crippen LogP contribution < -0.4 is 5.32 Å². The van der Waals surface area contributed by atoms with Gasteiger partial charge in [-0.25, -0.2) is 17.6 Å². The molecule has 1 aromatic rings. The van der Waals surface area contributed by atoms with Crippen LogP contribution in [0.5, 0.6) is 0 Å². The SMILES string of the molecule is CC(C)CN1C(=O)N[C@]2(CCS(=O)(=O)c3ccc(F)cc32)C1=O. The third-order valence-electron chi connectivity index (χ3n) is 4.21. The lowest BCUT2D eigenvalue weighted by Crippen LogP contribution is -2.49. The molecule has 1 aromatic carbocycles. The molecule has 8 heteroatoms. The zero-order valence-corrected chi connectivity index (χ0v) is 13.6. The Morgan fingerprint density at radius 3 is 2.70 bits per heavy atom. The van der Waals surface area contributed by atoms with E-state index in [1.54, 1.807) is 0 Å². The third kappa shape index (κ3) is 2.32. The number of hydrogen-bond acceptors (Lipinski definition) is 4. The third-order valence-corrected chi connectivity index (χ3v) is 5.97. The van der Waals surface area contributed by atoms with Crippen LogP contribution >= 0.6 is 0 Å². The summed E-state index contributed by atoms with van der Waals surface area (Å²) in [4.78, 5) is 26.0. The molecule has 0 bridgehead atoms. The summed E-state index contributed by atoms with van der Waals surface area (Å²) in [5, 5.41) is 2.60. The minimum atomic E-state index is -3.59. The smallest absolute Gasteiger partial charge is 0.319 e. The van der Waals surface area contributed by atoms with E-state index in [9.17, 15) is 22.4 Å². The number of sulfone groups is 1. The molecule has 2 aliphatic rings. The summed E-state index contributed by atoms with van der Waals surface area (Å²) in [5.74, 6) is -1.37. The van der Waals surface area contributed by atoms with Crippen molar-refractivity contribution in [3.63, 3.8) is 0 Å². The van der Waals surface area contributed by atoms with Gasteiger partial charge in [-0.2, -0.15) is 0 Å². The summed E-state index contributed by atoms with van der Waals surface area (Å²) in [7, 11) is -3.59. The topological polar surface area (TPSA) is 83.6 Å². The Morgan fingerprint density at radius 2 is 2.04 bits per heavy atom. The Bertz CT molecular complexity index is 806. The number of hydrogen-bond donors (Lipinski definition) is 1. The predicted octanol–water partition coefficient (Wildman–Crippen LogP) is 1.41. The van der Waals surface area contributed by atoms with Crippen molar-refractivity contribution >= 4 is 21.8 Å². The number of urea groups is 1. The van der Waals surface area contributed by atoms with Gasteiger partial charge in [0.05, 0.1) is 10.6 Å². The first-order valence-electron chi connectivity index (χ1n) is 7.34. The number of carbonyl (C=O) groups excluding carboxylic acids is 2. The van der Waals surface area contributed by atoms with Crippen LogP contribution in [0.3, 0.4) is 0 Å². The van der Waals surface area contributed by atoms with E-state index in [1.165, 1.54) is 0 Å². The first-order valence-corrected chi connectivity index (χ1v) is 8.99. The molecule has 0 aliphatic carbocycles. The van der Waals surface area contributed by atoms with E-state index in [2.05, 4.69) is 5.32 Å². The zero-order chi connectivity index (χ0) is 17.0. The molecular formula is C15H17FN2O4S. The summed E-state index contributed by atoms with van der Waals surface area (Å²) in [6, 6.07) is 2.66. The van der Waals surface area contributed by atoms with Gasteiger partial charge in [-0.3, -0.25) is 9.69 Å². The minimum Gasteiger partial charge on any atom is -0.319 e. The number of halogens is 1. The number of carbonyl (C=O) groups is 2. The van der Waals surface area contributed by atoms with E-state index in [0.29, 0.717) is 0 Å². The second-order valence-electron chi connectivity index (χ2n) is 6.35. The number of benzene rings is 1. The number of rotatable bonds is 2. The number of nitrogens with zero attached hydrogens (tertiary/aromatic N) is 1. The lowest BCUT2D eigenvalue weighted by atomic mass is 9.86. The lowest BCUT2D eigenvalue weighted by Gasteiger charge is -2.33. The van der Waals surface area contributed by atoms with Crippen LogP contribution in [0.2, 0.25) is 0 Å². The zero-order valence-electron chi connectivity index (χ0n) is 12.8. The fraction of sp³-hybridized carbons (Fsp3) is 0.467. The first-order chi connectivity index (χ1) is 10.7. The monoisotopic (exact) mass is 340 g/mol. The van der Waals surface area contributed by atoms with Gasteiger partial charge >= 0.3 is 6.03 Å². The van der Waals surface area contributed by atoms with E-state index >= 15 is 0 Å². The van der Waals surface area contributed by atoms with Crippen molar-refractivity contribution < 1.29 is 22.4 Å². The van der Waals surface area contributed by atoms with Crippen LogP contribution in [-0.4, -0.2) is 37.6 Å². The molecule has 1 atom stereocenters. The molecule has 6 nitrogen and oxygen atoms in total. The summed E-state index contributed by atoms with van der Waals surface area (Å²) < 4.78 is 38.1. The Morgan fingerprint density at radius 1 is 1.35 bits per heavy atom. The molecule has 1 saturated heterocycles. The molecule has 0 saturated carbocycles. The molecule has 1 spiro atoms. The van der Waals surface area contributed by atoms with Crippen molar-refractivity contribution in [2.24, 2.45) is 5.92 Å². The van der Waals surface area contributed by atoms with E-state index in [4.69, 9.17) is 0 Å². The highest BCUT2D eigenvalue weighted by Gasteiger charge is 2.56. The second kappa shape index (κ2) is 5.02. The average Bonchev–Trinajstić information content (AvgIpc) is 2.68. The van der Waals surface area contributed by atoms with Crippen LogP contribution in [0, 0.1) is 11.7 Å². The van der Waals surface area contributed by atoms with Crippen molar-refractivity contribution in [2.45, 2.75) is 30.7 Å². The van der Waals surface area contributed by atoms with Crippen LogP contribution in [0.15, 0.2) is 23.1 Å². The molecule has 0 aromatic heterocycles. The van der Waals surface area contributed by atoms with Gasteiger partial charge in [0.1, 0.15) is 11.4 Å². The quantitative estimate of drug-likeness (QED) is 0.652. The summed E-state index contributed by atoms with van der Waals surface area (Å²) in [6.45, 7) is 3.96. The molecule has 0 unspecified atom stereocenters. The summed E-state index contributed by atoms with van der Waals surface area (Å²) >= 11 is 0. The van der Waals surface area contributed by atoms with Gasteiger partial charge in [0.2, 0.25) is 0 Å². The maximum absolute atomic E-state index is 13.7. The van der Waals surface area contributed by atoms with Gasteiger partial charge in [0.25, 0.3) is 5.91 Å². The van der Waals surface area contributed by atoms with Crippen molar-refractivity contribution in [2.75, 3.05) is 12.3 Å². The van der Waals surface area contributed by atoms with Crippen LogP contribution in [0.4, 0.5) is 9.18 Å². The van der Waals surface area contributed by atoms with Gasteiger partial charge in [-0.1, -0.05) is 13.8 Å². The summed E-state index contributed by atoms with van der Waals surface area (Å²) in [6.07, 6.45) is -0.0923. The highest BCUT2D eigenvalue weighted by molar-refractivity contribution is 7.91. The maximum atomic E-state index is 13.7. The van der Waals surface area contributed by atoms with Crippen molar-refractivity contribution in [1.29, 1.82) is 0 Å². The first kappa shape index (κ1) is 15.9. The molecule has 1 fully saturated rings. The fourth-order valence-electron chi connectivity index (χ4n) is 3.15. The van der Waals surface area contributed by atoms with Crippen LogP contribution in [0.1, 0.15) is 25.8 Å². The largest absolute Gasteiger partial charge is 0.325 e. The molecule has 3 amide bonds. The molecule has 1 N–H and O–H groups in total. The fourth-order valence-corrected chi connectivity index (χ4v) is 4.79. The van der Waals surface area contributed by atoms with Gasteiger partial charge in [0, 0.05) is 12.1 Å². The Hall–Kier alpha value is -1.96. The number of nitrogens with one attached hydrogen (secondary N) is 1. The minimum absolute atomic E-state index is 0.0216. The van der Waals surface area contributed by atoms with E-state index < -0.39 is 33.1 Å². The van der Waals surface area contributed by atoms with E-state index in [1.807, 2.05) is 13.8 Å². The van der Waals surface area contributed by atoms with Crippen molar-refractivity contribution in [3.8, 4) is 0 Å². The van der Waals surface area contributed by atoms with Gasteiger partial charge in [-0.05, 0) is 30.5 Å². The molecule has 2 aliphatic heterocycles. The molecule has 124 valence electrons. The Balaban J connectivity index is 2.16. The normalized spacial score (nSPS) is 25.8. The predicted molar refractivity (Wildman–Crippen MR) is 79.8 cm³/mol. The molecular weight excluding hydrogens is 323 g/mol. The van der Waals surface area contributed by atoms with E-state index in [0.717, 1.165) is 23.1 Å². The van der Waals surface area contributed by atoms with Crippen LogP contribution in [-0.2, 0) is 20.2 Å². The van der Waals surface area contributed by atoms with Crippen LogP contribution in [0.25, 0.3) is 0 Å². The standard InChI is InChI=1S/C15H17FN2O4S/c1-9(2)8-18-13(19)15(17-14(18)20)5-6-23(21,22)12-4-3-10(16)7-11(12)15/h3-4,7,9H,5-6,8H2,1-2H3,(H,17,20)/t15-/m0/s1. The number of fused-ring (bicyclic) bond motifs is 2.